The summed E-state index contributed by atoms with van der Waals surface area (Å²) in [6.07, 6.45) is 4.43. The summed E-state index contributed by atoms with van der Waals surface area (Å²) in [5, 5.41) is 4.18. The number of aryl methyl sites for hydroxylation is 2. The zero-order valence-corrected chi connectivity index (χ0v) is 14.9. The van der Waals surface area contributed by atoms with Crippen LogP contribution in [0.3, 0.4) is 0 Å². The molecule has 1 aliphatic heterocycles. The average Bonchev–Trinajstić information content (AvgIpc) is 3.06. The summed E-state index contributed by atoms with van der Waals surface area (Å²) in [5.74, 6) is 0. The van der Waals surface area contributed by atoms with Gasteiger partial charge in [0, 0.05) is 19.8 Å². The Labute approximate surface area is 139 Å². The van der Waals surface area contributed by atoms with E-state index < -0.39 is 10.0 Å². The normalized spacial score (nSPS) is 20.4. The van der Waals surface area contributed by atoms with Gasteiger partial charge >= 0.3 is 0 Å². The van der Waals surface area contributed by atoms with Crippen molar-refractivity contribution in [3.63, 3.8) is 0 Å². The van der Waals surface area contributed by atoms with Crippen molar-refractivity contribution in [2.75, 3.05) is 6.54 Å². The van der Waals surface area contributed by atoms with Crippen LogP contribution >= 0.6 is 22.9 Å². The number of hydrogen-bond acceptors (Lipinski definition) is 4. The molecule has 5 nitrogen and oxygen atoms in total. The molecule has 2 aromatic rings. The lowest BCUT2D eigenvalue weighted by molar-refractivity contribution is 0.246. The summed E-state index contributed by atoms with van der Waals surface area (Å²) in [5.41, 5.74) is 1.74. The number of halogens is 1. The number of rotatable bonds is 3. The summed E-state index contributed by atoms with van der Waals surface area (Å²) in [6.45, 7) is 2.36. The van der Waals surface area contributed by atoms with E-state index in [1.165, 1.54) is 0 Å². The highest BCUT2D eigenvalue weighted by Gasteiger charge is 2.36. The molecular formula is C14H18ClN3O2S2. The molecule has 1 fully saturated rings. The third kappa shape index (κ3) is 2.71. The maximum atomic E-state index is 13.0. The van der Waals surface area contributed by atoms with Gasteiger partial charge in [0.25, 0.3) is 10.0 Å². The highest BCUT2D eigenvalue weighted by molar-refractivity contribution is 7.91. The number of piperidine rings is 1. The maximum Gasteiger partial charge on any atom is 0.253 e. The molecule has 8 heteroatoms. The van der Waals surface area contributed by atoms with E-state index in [1.54, 1.807) is 21.3 Å². The molecule has 1 saturated heterocycles. The molecule has 0 amide bonds. The van der Waals surface area contributed by atoms with Gasteiger partial charge in [0.05, 0.1) is 16.1 Å². The van der Waals surface area contributed by atoms with E-state index >= 15 is 0 Å². The highest BCUT2D eigenvalue weighted by Crippen LogP contribution is 2.38. The summed E-state index contributed by atoms with van der Waals surface area (Å²) in [6, 6.07) is 3.40. The number of nitrogens with zero attached hydrogens (tertiary/aromatic N) is 3. The standard InChI is InChI=1S/C14H18ClN3O2S2/c1-10-9-13(21-14(10)15)22(19,20)18-8-4-3-5-12(18)11-6-7-16-17(11)2/h6-7,9,12H,3-5,8H2,1-2H3. The Morgan fingerprint density at radius 3 is 2.77 bits per heavy atom. The lowest BCUT2D eigenvalue weighted by Gasteiger charge is -2.34. The fraction of sp³-hybridized carbons (Fsp3) is 0.500. The molecule has 0 saturated carbocycles. The van der Waals surface area contributed by atoms with E-state index in [9.17, 15) is 8.42 Å². The molecule has 1 unspecified atom stereocenters. The summed E-state index contributed by atoms with van der Waals surface area (Å²) in [7, 11) is -1.68. The minimum atomic E-state index is -3.53. The summed E-state index contributed by atoms with van der Waals surface area (Å²) in [4.78, 5) is 0. The van der Waals surface area contributed by atoms with Gasteiger partial charge in [-0.15, -0.1) is 11.3 Å². The van der Waals surface area contributed by atoms with E-state index in [0.717, 1.165) is 41.9 Å². The van der Waals surface area contributed by atoms with Gasteiger partial charge in [-0.1, -0.05) is 18.0 Å². The average molecular weight is 360 g/mol. The molecule has 3 heterocycles. The molecule has 0 spiro atoms. The second-order valence-corrected chi connectivity index (χ2v) is 9.30. The lowest BCUT2D eigenvalue weighted by atomic mass is 10.0. The predicted octanol–water partition coefficient (Wildman–Crippen LogP) is 3.36. The predicted molar refractivity (Wildman–Crippen MR) is 87.8 cm³/mol. The van der Waals surface area contributed by atoms with Crippen molar-refractivity contribution in [2.45, 2.75) is 36.4 Å². The molecule has 120 valence electrons. The Kier molecular flexibility index (Phi) is 4.33. The molecule has 2 aromatic heterocycles. The van der Waals surface area contributed by atoms with Crippen LogP contribution in [0.25, 0.3) is 0 Å². The van der Waals surface area contributed by atoms with Crippen LogP contribution in [0.15, 0.2) is 22.5 Å². The Morgan fingerprint density at radius 1 is 1.41 bits per heavy atom. The van der Waals surface area contributed by atoms with Gasteiger partial charge in [-0.2, -0.15) is 9.40 Å². The van der Waals surface area contributed by atoms with Gasteiger partial charge < -0.3 is 0 Å². The van der Waals surface area contributed by atoms with Crippen molar-refractivity contribution in [3.8, 4) is 0 Å². The van der Waals surface area contributed by atoms with Crippen LogP contribution < -0.4 is 0 Å². The van der Waals surface area contributed by atoms with Crippen LogP contribution in [-0.4, -0.2) is 29.0 Å². The van der Waals surface area contributed by atoms with Gasteiger partial charge in [0.1, 0.15) is 4.21 Å². The minimum Gasteiger partial charge on any atom is -0.271 e. The SMILES string of the molecule is Cc1cc(S(=O)(=O)N2CCCCC2c2ccnn2C)sc1Cl. The minimum absolute atomic E-state index is 0.160. The third-order valence-corrected chi connectivity index (χ3v) is 7.96. The van der Waals surface area contributed by atoms with Gasteiger partial charge in [-0.25, -0.2) is 8.42 Å². The molecule has 0 aliphatic carbocycles. The molecule has 0 N–H and O–H groups in total. The number of sulfonamides is 1. The smallest absolute Gasteiger partial charge is 0.253 e. The molecule has 1 atom stereocenters. The first-order chi connectivity index (χ1) is 10.4. The Hall–Kier alpha value is -0.890. The molecule has 22 heavy (non-hydrogen) atoms. The second-order valence-electron chi connectivity index (χ2n) is 5.53. The van der Waals surface area contributed by atoms with Gasteiger partial charge in [-0.3, -0.25) is 4.68 Å². The molecule has 1 aliphatic rings. The summed E-state index contributed by atoms with van der Waals surface area (Å²) < 4.78 is 30.3. The van der Waals surface area contributed by atoms with Crippen molar-refractivity contribution in [2.24, 2.45) is 7.05 Å². The molecule has 0 bridgehead atoms. The van der Waals surface area contributed by atoms with Crippen LogP contribution in [0.5, 0.6) is 0 Å². The number of thiophene rings is 1. The fourth-order valence-corrected chi connectivity index (χ4v) is 6.38. The van der Waals surface area contributed by atoms with Crippen molar-refractivity contribution in [1.29, 1.82) is 0 Å². The van der Waals surface area contributed by atoms with Crippen LogP contribution in [0.4, 0.5) is 0 Å². The summed E-state index contributed by atoms with van der Waals surface area (Å²) >= 11 is 7.19. The van der Waals surface area contributed by atoms with E-state index in [2.05, 4.69) is 5.10 Å². The molecule has 0 radical (unpaired) electrons. The first-order valence-corrected chi connectivity index (χ1v) is 9.80. The quantitative estimate of drug-likeness (QED) is 0.844. The van der Waals surface area contributed by atoms with E-state index in [0.29, 0.717) is 15.1 Å². The van der Waals surface area contributed by atoms with Gasteiger partial charge in [0.15, 0.2) is 0 Å². The van der Waals surface area contributed by atoms with Gasteiger partial charge in [-0.05, 0) is 37.5 Å². The van der Waals surface area contributed by atoms with Crippen LogP contribution in [0, 0.1) is 6.92 Å². The fourth-order valence-electron chi connectivity index (χ4n) is 2.87. The topological polar surface area (TPSA) is 55.2 Å². The zero-order chi connectivity index (χ0) is 15.9. The van der Waals surface area contributed by atoms with Crippen LogP contribution in [0.2, 0.25) is 4.34 Å². The largest absolute Gasteiger partial charge is 0.271 e. The molecular weight excluding hydrogens is 342 g/mol. The van der Waals surface area contributed by atoms with Crippen LogP contribution in [-0.2, 0) is 17.1 Å². The van der Waals surface area contributed by atoms with E-state index in [-0.39, 0.29) is 6.04 Å². The molecule has 3 rings (SSSR count). The Bertz CT molecular complexity index is 762. The third-order valence-electron chi connectivity index (χ3n) is 4.05. The number of hydrogen-bond donors (Lipinski definition) is 0. The number of aromatic nitrogens is 2. The van der Waals surface area contributed by atoms with Crippen molar-refractivity contribution in [1.82, 2.24) is 14.1 Å². The zero-order valence-electron chi connectivity index (χ0n) is 12.5. The second kappa shape index (κ2) is 5.96. The van der Waals surface area contributed by atoms with Gasteiger partial charge in [0.2, 0.25) is 0 Å². The molecule has 0 aromatic carbocycles. The van der Waals surface area contributed by atoms with Crippen molar-refractivity contribution >= 4 is 33.0 Å². The van der Waals surface area contributed by atoms with E-state index in [1.807, 2.05) is 20.0 Å². The van der Waals surface area contributed by atoms with Crippen LogP contribution in [0.1, 0.15) is 36.6 Å². The lowest BCUT2D eigenvalue weighted by Crippen LogP contribution is -2.38. The first-order valence-electron chi connectivity index (χ1n) is 7.17. The van der Waals surface area contributed by atoms with E-state index in [4.69, 9.17) is 11.6 Å². The van der Waals surface area contributed by atoms with Crippen molar-refractivity contribution in [3.05, 3.63) is 33.9 Å². The highest BCUT2D eigenvalue weighted by atomic mass is 35.5. The maximum absolute atomic E-state index is 13.0. The Balaban J connectivity index is 2.01. The monoisotopic (exact) mass is 359 g/mol. The Morgan fingerprint density at radius 2 is 2.18 bits per heavy atom. The van der Waals surface area contributed by atoms with Crippen molar-refractivity contribution < 1.29 is 8.42 Å². The first kappa shape index (κ1) is 16.0.